The van der Waals surface area contributed by atoms with E-state index in [0.717, 1.165) is 10.6 Å². The molecule has 6 nitrogen and oxygen atoms in total. The third kappa shape index (κ3) is 3.71. The standard InChI is InChI=1S/C18H20N4O2S/c1-2-21(12-14-9-6-10-25-14)18(24)15-11-16(17(19)23)22(20-15)13-7-4-3-5-8-13/h3-10,16H,2,11-12H2,1H3,(H2,19,23). The van der Waals surface area contributed by atoms with Gasteiger partial charge in [-0.3, -0.25) is 14.6 Å². The highest BCUT2D eigenvalue weighted by Crippen LogP contribution is 2.25. The first-order chi connectivity index (χ1) is 12.1. The summed E-state index contributed by atoms with van der Waals surface area (Å²) < 4.78 is 0. The van der Waals surface area contributed by atoms with E-state index >= 15 is 0 Å². The molecule has 0 radical (unpaired) electrons. The minimum absolute atomic E-state index is 0.152. The van der Waals surface area contributed by atoms with Gasteiger partial charge in [0.25, 0.3) is 5.91 Å². The molecule has 1 atom stereocenters. The van der Waals surface area contributed by atoms with E-state index in [-0.39, 0.29) is 12.3 Å². The summed E-state index contributed by atoms with van der Waals surface area (Å²) in [6, 6.07) is 12.6. The average molecular weight is 356 g/mol. The number of thiophene rings is 1. The molecule has 0 spiro atoms. The van der Waals surface area contributed by atoms with E-state index in [1.807, 2.05) is 54.8 Å². The van der Waals surface area contributed by atoms with Gasteiger partial charge < -0.3 is 10.6 Å². The number of hydrogen-bond donors (Lipinski definition) is 1. The lowest BCUT2D eigenvalue weighted by Crippen LogP contribution is -2.40. The second-order valence-electron chi connectivity index (χ2n) is 5.75. The lowest BCUT2D eigenvalue weighted by Gasteiger charge is -2.20. The number of hydrogen-bond acceptors (Lipinski definition) is 5. The summed E-state index contributed by atoms with van der Waals surface area (Å²) >= 11 is 1.61. The van der Waals surface area contributed by atoms with Gasteiger partial charge in [-0.25, -0.2) is 0 Å². The fourth-order valence-electron chi connectivity index (χ4n) is 2.78. The van der Waals surface area contributed by atoms with Crippen molar-refractivity contribution in [1.82, 2.24) is 4.90 Å². The van der Waals surface area contributed by atoms with E-state index in [2.05, 4.69) is 5.10 Å². The first kappa shape index (κ1) is 17.2. The van der Waals surface area contributed by atoms with Gasteiger partial charge in [-0.15, -0.1) is 11.3 Å². The lowest BCUT2D eigenvalue weighted by atomic mass is 10.1. The molecule has 7 heteroatoms. The third-order valence-electron chi connectivity index (χ3n) is 4.10. The molecular weight excluding hydrogens is 336 g/mol. The topological polar surface area (TPSA) is 79.0 Å². The lowest BCUT2D eigenvalue weighted by molar-refractivity contribution is -0.124. The molecule has 3 rings (SSSR count). The molecule has 1 aliphatic rings. The molecule has 0 saturated heterocycles. The number of para-hydroxylation sites is 1. The van der Waals surface area contributed by atoms with Crippen LogP contribution in [-0.4, -0.2) is 35.0 Å². The molecule has 0 saturated carbocycles. The Hall–Kier alpha value is -2.67. The Labute approximate surface area is 150 Å². The number of hydrazone groups is 1. The van der Waals surface area contributed by atoms with Crippen LogP contribution in [0.2, 0.25) is 0 Å². The minimum atomic E-state index is -0.637. The molecule has 2 amide bonds. The number of amides is 2. The van der Waals surface area contributed by atoms with Crippen molar-refractivity contribution in [1.29, 1.82) is 0 Å². The molecule has 25 heavy (non-hydrogen) atoms. The maximum atomic E-state index is 12.9. The monoisotopic (exact) mass is 356 g/mol. The van der Waals surface area contributed by atoms with Crippen LogP contribution in [0.1, 0.15) is 18.2 Å². The van der Waals surface area contributed by atoms with Gasteiger partial charge >= 0.3 is 0 Å². The SMILES string of the molecule is CCN(Cc1cccs1)C(=O)C1=NN(c2ccccc2)C(C(N)=O)C1. The normalized spacial score (nSPS) is 16.6. The molecule has 1 unspecified atom stereocenters. The molecular formula is C18H20N4O2S. The van der Waals surface area contributed by atoms with Crippen molar-refractivity contribution in [2.75, 3.05) is 11.6 Å². The van der Waals surface area contributed by atoms with Crippen LogP contribution >= 0.6 is 11.3 Å². The van der Waals surface area contributed by atoms with Crippen LogP contribution in [0, 0.1) is 0 Å². The van der Waals surface area contributed by atoms with Gasteiger partial charge in [0, 0.05) is 17.8 Å². The Morgan fingerprint density at radius 1 is 1.28 bits per heavy atom. The molecule has 1 aromatic carbocycles. The Bertz CT molecular complexity index is 774. The summed E-state index contributed by atoms with van der Waals surface area (Å²) in [6.07, 6.45) is 0.226. The zero-order valence-corrected chi connectivity index (χ0v) is 14.8. The zero-order chi connectivity index (χ0) is 17.8. The van der Waals surface area contributed by atoms with Crippen molar-refractivity contribution in [3.63, 3.8) is 0 Å². The fraction of sp³-hybridized carbons (Fsp3) is 0.278. The molecule has 0 fully saturated rings. The van der Waals surface area contributed by atoms with Crippen molar-refractivity contribution < 1.29 is 9.59 Å². The summed E-state index contributed by atoms with van der Waals surface area (Å²) in [7, 11) is 0. The van der Waals surface area contributed by atoms with Crippen molar-refractivity contribution in [3.8, 4) is 0 Å². The Kier molecular flexibility index (Phi) is 5.14. The van der Waals surface area contributed by atoms with Crippen LogP contribution in [0.15, 0.2) is 52.9 Å². The van der Waals surface area contributed by atoms with Gasteiger partial charge in [-0.2, -0.15) is 5.10 Å². The number of nitrogens with two attached hydrogens (primary N) is 1. The van der Waals surface area contributed by atoms with Crippen LogP contribution in [0.4, 0.5) is 5.69 Å². The van der Waals surface area contributed by atoms with E-state index < -0.39 is 11.9 Å². The van der Waals surface area contributed by atoms with Crippen LogP contribution < -0.4 is 10.7 Å². The quantitative estimate of drug-likeness (QED) is 0.862. The Morgan fingerprint density at radius 2 is 2.04 bits per heavy atom. The zero-order valence-electron chi connectivity index (χ0n) is 14.0. The number of anilines is 1. The molecule has 1 aliphatic heterocycles. The van der Waals surface area contributed by atoms with Gasteiger partial charge in [-0.05, 0) is 30.5 Å². The molecule has 2 N–H and O–H groups in total. The first-order valence-corrected chi connectivity index (χ1v) is 9.01. The first-order valence-electron chi connectivity index (χ1n) is 8.13. The fourth-order valence-corrected chi connectivity index (χ4v) is 3.50. The molecule has 2 aromatic rings. The number of carbonyl (C=O) groups is 2. The summed E-state index contributed by atoms with van der Waals surface area (Å²) in [6.45, 7) is 3.04. The van der Waals surface area contributed by atoms with Crippen LogP contribution in [0.5, 0.6) is 0 Å². The highest BCUT2D eigenvalue weighted by molar-refractivity contribution is 7.09. The summed E-state index contributed by atoms with van der Waals surface area (Å²) in [4.78, 5) is 27.5. The second kappa shape index (κ2) is 7.48. The highest BCUT2D eigenvalue weighted by atomic mass is 32.1. The maximum absolute atomic E-state index is 12.9. The third-order valence-corrected chi connectivity index (χ3v) is 4.96. The van der Waals surface area contributed by atoms with Crippen molar-refractivity contribution >= 4 is 34.6 Å². The van der Waals surface area contributed by atoms with E-state index in [9.17, 15) is 9.59 Å². The van der Waals surface area contributed by atoms with E-state index in [1.54, 1.807) is 21.2 Å². The smallest absolute Gasteiger partial charge is 0.270 e. The van der Waals surface area contributed by atoms with Gasteiger partial charge in [0.2, 0.25) is 5.91 Å². The van der Waals surface area contributed by atoms with Crippen molar-refractivity contribution in [3.05, 3.63) is 52.7 Å². The van der Waals surface area contributed by atoms with Crippen molar-refractivity contribution in [2.45, 2.75) is 25.9 Å². The van der Waals surface area contributed by atoms with E-state index in [1.165, 1.54) is 0 Å². The molecule has 0 bridgehead atoms. The van der Waals surface area contributed by atoms with Crippen LogP contribution in [-0.2, 0) is 16.1 Å². The maximum Gasteiger partial charge on any atom is 0.270 e. The number of nitrogens with zero attached hydrogens (tertiary/aromatic N) is 3. The number of carbonyl (C=O) groups excluding carboxylic acids is 2. The predicted molar refractivity (Wildman–Crippen MR) is 99.4 cm³/mol. The largest absolute Gasteiger partial charge is 0.368 e. The average Bonchev–Trinajstić information content (AvgIpc) is 3.29. The highest BCUT2D eigenvalue weighted by Gasteiger charge is 2.36. The van der Waals surface area contributed by atoms with Gasteiger partial charge in [-0.1, -0.05) is 24.3 Å². The number of rotatable bonds is 6. The number of primary amides is 1. The number of benzene rings is 1. The molecule has 2 heterocycles. The van der Waals surface area contributed by atoms with Crippen LogP contribution in [0.3, 0.4) is 0 Å². The summed E-state index contributed by atoms with van der Waals surface area (Å²) in [5, 5.41) is 7.96. The van der Waals surface area contributed by atoms with Gasteiger partial charge in [0.15, 0.2) is 0 Å². The molecule has 1 aromatic heterocycles. The minimum Gasteiger partial charge on any atom is -0.368 e. The predicted octanol–water partition coefficient (Wildman–Crippen LogP) is 2.22. The Balaban J connectivity index is 1.83. The van der Waals surface area contributed by atoms with Gasteiger partial charge in [0.05, 0.1) is 12.2 Å². The van der Waals surface area contributed by atoms with E-state index in [4.69, 9.17) is 5.73 Å². The summed E-state index contributed by atoms with van der Waals surface area (Å²) in [5.41, 5.74) is 6.64. The van der Waals surface area contributed by atoms with Crippen LogP contribution in [0.25, 0.3) is 0 Å². The van der Waals surface area contributed by atoms with Crippen molar-refractivity contribution in [2.24, 2.45) is 10.8 Å². The second-order valence-corrected chi connectivity index (χ2v) is 6.78. The Morgan fingerprint density at radius 3 is 2.64 bits per heavy atom. The van der Waals surface area contributed by atoms with Gasteiger partial charge in [0.1, 0.15) is 11.8 Å². The molecule has 0 aliphatic carbocycles. The summed E-state index contributed by atoms with van der Waals surface area (Å²) in [5.74, 6) is -0.641. The van der Waals surface area contributed by atoms with E-state index in [0.29, 0.717) is 18.8 Å². The molecule has 130 valence electrons.